The average Bonchev–Trinajstić information content (AvgIpc) is 2.39. The molecule has 1 unspecified atom stereocenters. The molecule has 5 heteroatoms. The van der Waals surface area contributed by atoms with Crippen molar-refractivity contribution in [3.8, 4) is 0 Å². The molecule has 1 atom stereocenters. The van der Waals surface area contributed by atoms with Gasteiger partial charge < -0.3 is 15.2 Å². The lowest BCUT2D eigenvalue weighted by atomic mass is 10.1. The number of hydrogen-bond donors (Lipinski definition) is 2. The topological polar surface area (TPSA) is 75.6 Å². The van der Waals surface area contributed by atoms with Crippen molar-refractivity contribution in [1.82, 2.24) is 5.32 Å². The number of carbonyl (C=O) groups is 2. The van der Waals surface area contributed by atoms with Crippen LogP contribution in [0.2, 0.25) is 0 Å². The van der Waals surface area contributed by atoms with Gasteiger partial charge in [-0.2, -0.15) is 0 Å². The van der Waals surface area contributed by atoms with Crippen molar-refractivity contribution in [1.29, 1.82) is 0 Å². The lowest BCUT2D eigenvalue weighted by Gasteiger charge is -2.16. The molecule has 0 spiro atoms. The van der Waals surface area contributed by atoms with Gasteiger partial charge in [-0.3, -0.25) is 9.59 Å². The predicted octanol–water partition coefficient (Wildman–Crippen LogP) is 2.21. The largest absolute Gasteiger partial charge is 0.481 e. The second-order valence-electron chi connectivity index (χ2n) is 4.69. The highest BCUT2D eigenvalue weighted by molar-refractivity contribution is 5.94. The molecule has 0 aliphatic carbocycles. The van der Waals surface area contributed by atoms with Gasteiger partial charge in [0.1, 0.15) is 0 Å². The van der Waals surface area contributed by atoms with E-state index in [1.807, 2.05) is 13.0 Å². The summed E-state index contributed by atoms with van der Waals surface area (Å²) in [7, 11) is 1.59. The highest BCUT2D eigenvalue weighted by Gasteiger charge is 2.16. The maximum Gasteiger partial charge on any atom is 0.305 e. The van der Waals surface area contributed by atoms with Crippen LogP contribution in [0.3, 0.4) is 0 Å². The Morgan fingerprint density at radius 2 is 2.15 bits per heavy atom. The van der Waals surface area contributed by atoms with Crippen LogP contribution in [0.1, 0.15) is 42.1 Å². The fraction of sp³-hybridized carbons (Fsp3) is 0.467. The number of amides is 1. The van der Waals surface area contributed by atoms with Crippen molar-refractivity contribution in [3.05, 3.63) is 35.4 Å². The summed E-state index contributed by atoms with van der Waals surface area (Å²) in [6.07, 6.45) is 1.41. The fourth-order valence-corrected chi connectivity index (χ4v) is 2.02. The van der Waals surface area contributed by atoms with E-state index in [1.165, 1.54) is 0 Å². The third-order valence-electron chi connectivity index (χ3n) is 2.89. The van der Waals surface area contributed by atoms with Crippen LogP contribution in [0.25, 0.3) is 0 Å². The first kappa shape index (κ1) is 16.2. The number of carboxylic acid groups (broad SMARTS) is 1. The molecule has 20 heavy (non-hydrogen) atoms. The van der Waals surface area contributed by atoms with Gasteiger partial charge in [0, 0.05) is 18.7 Å². The van der Waals surface area contributed by atoms with Crippen LogP contribution in [0.15, 0.2) is 24.3 Å². The molecule has 2 N–H and O–H groups in total. The Morgan fingerprint density at radius 3 is 2.75 bits per heavy atom. The van der Waals surface area contributed by atoms with Crippen LogP contribution in [-0.2, 0) is 16.1 Å². The highest BCUT2D eigenvalue weighted by Crippen LogP contribution is 2.09. The summed E-state index contributed by atoms with van der Waals surface area (Å²) in [5, 5.41) is 11.6. The van der Waals surface area contributed by atoms with Crippen LogP contribution in [-0.4, -0.2) is 30.1 Å². The predicted molar refractivity (Wildman–Crippen MR) is 75.6 cm³/mol. The Bertz CT molecular complexity index is 459. The Hall–Kier alpha value is -1.88. The van der Waals surface area contributed by atoms with E-state index < -0.39 is 5.97 Å². The van der Waals surface area contributed by atoms with E-state index in [4.69, 9.17) is 9.84 Å². The van der Waals surface area contributed by atoms with Gasteiger partial charge in [-0.15, -0.1) is 0 Å². The summed E-state index contributed by atoms with van der Waals surface area (Å²) < 4.78 is 5.03. The number of methoxy groups -OCH3 is 1. The minimum atomic E-state index is -0.906. The van der Waals surface area contributed by atoms with Gasteiger partial charge in [0.15, 0.2) is 0 Å². The lowest BCUT2D eigenvalue weighted by Crippen LogP contribution is -2.36. The molecule has 0 bridgehead atoms. The van der Waals surface area contributed by atoms with Crippen molar-refractivity contribution >= 4 is 11.9 Å². The van der Waals surface area contributed by atoms with Crippen LogP contribution < -0.4 is 5.32 Å². The Morgan fingerprint density at radius 1 is 1.40 bits per heavy atom. The zero-order chi connectivity index (χ0) is 15.0. The van der Waals surface area contributed by atoms with Crippen molar-refractivity contribution in [2.24, 2.45) is 0 Å². The van der Waals surface area contributed by atoms with Crippen LogP contribution in [0, 0.1) is 0 Å². The summed E-state index contributed by atoms with van der Waals surface area (Å²) in [6.45, 7) is 2.40. The summed E-state index contributed by atoms with van der Waals surface area (Å²) in [5.74, 6) is -1.15. The van der Waals surface area contributed by atoms with Crippen molar-refractivity contribution < 1.29 is 19.4 Å². The van der Waals surface area contributed by atoms with Gasteiger partial charge in [0.05, 0.1) is 13.0 Å². The van der Waals surface area contributed by atoms with E-state index in [1.54, 1.807) is 25.3 Å². The first-order chi connectivity index (χ1) is 9.56. The molecule has 1 rings (SSSR count). The number of benzene rings is 1. The summed E-state index contributed by atoms with van der Waals surface area (Å²) in [6, 6.07) is 6.79. The summed E-state index contributed by atoms with van der Waals surface area (Å²) in [4.78, 5) is 22.9. The van der Waals surface area contributed by atoms with Gasteiger partial charge >= 0.3 is 5.97 Å². The molecule has 0 saturated heterocycles. The monoisotopic (exact) mass is 279 g/mol. The molecule has 5 nitrogen and oxygen atoms in total. The molecule has 1 amide bonds. The smallest absolute Gasteiger partial charge is 0.305 e. The maximum atomic E-state index is 12.1. The quantitative estimate of drug-likeness (QED) is 0.765. The molecule has 0 aliphatic heterocycles. The number of carbonyl (C=O) groups excluding carboxylic acids is 1. The molecule has 0 aromatic heterocycles. The van der Waals surface area contributed by atoms with Crippen LogP contribution in [0.4, 0.5) is 0 Å². The average molecular weight is 279 g/mol. The van der Waals surface area contributed by atoms with Gasteiger partial charge in [-0.25, -0.2) is 0 Å². The standard InChI is InChI=1S/C15H21NO4/c1-3-5-13(9-14(17)18)16-15(19)12-7-4-6-11(8-12)10-20-2/h4,6-8,13H,3,5,9-10H2,1-2H3,(H,16,19)(H,17,18). The molecule has 0 aliphatic rings. The number of carboxylic acids is 1. The Labute approximate surface area is 118 Å². The molecule has 1 aromatic rings. The third kappa shape index (κ3) is 5.40. The zero-order valence-electron chi connectivity index (χ0n) is 11.9. The number of ether oxygens (including phenoxy) is 1. The van der Waals surface area contributed by atoms with E-state index >= 15 is 0 Å². The number of hydrogen-bond acceptors (Lipinski definition) is 3. The van der Waals surface area contributed by atoms with E-state index in [0.29, 0.717) is 18.6 Å². The van der Waals surface area contributed by atoms with Gasteiger partial charge in [-0.1, -0.05) is 25.5 Å². The molecule has 0 saturated carbocycles. The fourth-order valence-electron chi connectivity index (χ4n) is 2.02. The van der Waals surface area contributed by atoms with E-state index in [-0.39, 0.29) is 18.4 Å². The SMILES string of the molecule is CCCC(CC(=O)O)NC(=O)c1cccc(COC)c1. The van der Waals surface area contributed by atoms with Crippen molar-refractivity contribution in [2.75, 3.05) is 7.11 Å². The van der Waals surface area contributed by atoms with E-state index in [9.17, 15) is 9.59 Å². The van der Waals surface area contributed by atoms with Crippen molar-refractivity contribution in [3.63, 3.8) is 0 Å². The molecule has 110 valence electrons. The number of nitrogens with one attached hydrogen (secondary N) is 1. The van der Waals surface area contributed by atoms with Gasteiger partial charge in [-0.05, 0) is 24.1 Å². The van der Waals surface area contributed by atoms with E-state index in [0.717, 1.165) is 12.0 Å². The first-order valence-electron chi connectivity index (χ1n) is 6.67. The van der Waals surface area contributed by atoms with Crippen LogP contribution in [0.5, 0.6) is 0 Å². The van der Waals surface area contributed by atoms with Gasteiger partial charge in [0.25, 0.3) is 5.91 Å². The minimum Gasteiger partial charge on any atom is -0.481 e. The molecular weight excluding hydrogens is 258 g/mol. The number of rotatable bonds is 8. The van der Waals surface area contributed by atoms with Gasteiger partial charge in [0.2, 0.25) is 0 Å². The molecule has 0 fully saturated rings. The molecular formula is C15H21NO4. The Balaban J connectivity index is 2.72. The minimum absolute atomic E-state index is 0.0582. The Kier molecular flexibility index (Phi) is 6.73. The van der Waals surface area contributed by atoms with E-state index in [2.05, 4.69) is 5.32 Å². The molecule has 1 aromatic carbocycles. The zero-order valence-corrected chi connectivity index (χ0v) is 11.9. The highest BCUT2D eigenvalue weighted by atomic mass is 16.5. The summed E-state index contributed by atoms with van der Waals surface area (Å²) in [5.41, 5.74) is 1.43. The second kappa shape index (κ2) is 8.32. The maximum absolute atomic E-state index is 12.1. The molecule has 0 radical (unpaired) electrons. The normalized spacial score (nSPS) is 11.9. The third-order valence-corrected chi connectivity index (χ3v) is 2.89. The lowest BCUT2D eigenvalue weighted by molar-refractivity contribution is -0.137. The molecule has 0 heterocycles. The second-order valence-corrected chi connectivity index (χ2v) is 4.69. The number of aliphatic carboxylic acids is 1. The first-order valence-corrected chi connectivity index (χ1v) is 6.67. The van der Waals surface area contributed by atoms with Crippen LogP contribution >= 0.6 is 0 Å². The van der Waals surface area contributed by atoms with Crippen molar-refractivity contribution in [2.45, 2.75) is 38.8 Å². The summed E-state index contributed by atoms with van der Waals surface area (Å²) >= 11 is 0.